The Kier molecular flexibility index (Phi) is 7.36. The molecule has 0 spiro atoms. The molecule has 0 radical (unpaired) electrons. The van der Waals surface area contributed by atoms with Crippen LogP contribution in [0.5, 0.6) is 0 Å². The van der Waals surface area contributed by atoms with Crippen LogP contribution in [0.3, 0.4) is 0 Å². The van der Waals surface area contributed by atoms with E-state index in [1.165, 1.54) is 0 Å². The van der Waals surface area contributed by atoms with Crippen LogP contribution in [0.2, 0.25) is 0 Å². The van der Waals surface area contributed by atoms with Crippen molar-refractivity contribution in [1.82, 2.24) is 0 Å². The zero-order valence-electron chi connectivity index (χ0n) is 13.6. The Labute approximate surface area is 142 Å². The van der Waals surface area contributed by atoms with Gasteiger partial charge < -0.3 is 14.9 Å². The van der Waals surface area contributed by atoms with Crippen LogP contribution in [-0.2, 0) is 9.53 Å². The molecule has 0 aromatic heterocycles. The van der Waals surface area contributed by atoms with Crippen molar-refractivity contribution in [1.29, 1.82) is 0 Å². The van der Waals surface area contributed by atoms with Gasteiger partial charge in [-0.3, -0.25) is 4.79 Å². The minimum absolute atomic E-state index is 0.0550. The summed E-state index contributed by atoms with van der Waals surface area (Å²) in [6, 6.07) is 7.65. The maximum absolute atomic E-state index is 11.0. The van der Waals surface area contributed by atoms with Gasteiger partial charge in [0.25, 0.3) is 0 Å². The molecule has 1 saturated heterocycles. The van der Waals surface area contributed by atoms with Crippen LogP contribution < -0.4 is 0 Å². The first-order chi connectivity index (χ1) is 11.7. The first-order valence-electron chi connectivity index (χ1n) is 8.26. The second-order valence-electron chi connectivity index (χ2n) is 5.65. The lowest BCUT2D eigenvalue weighted by atomic mass is 10.0. The average molecular weight is 326 g/mol. The minimum atomic E-state index is -0.602. The second kappa shape index (κ2) is 9.78. The first kappa shape index (κ1) is 18.1. The molecule has 0 unspecified atom stereocenters. The van der Waals surface area contributed by atoms with Crippen molar-refractivity contribution in [3.05, 3.63) is 35.4 Å². The molecule has 1 heterocycles. The zero-order valence-corrected chi connectivity index (χ0v) is 13.6. The van der Waals surface area contributed by atoms with E-state index in [1.807, 2.05) is 24.3 Å². The Hall–Kier alpha value is -2.27. The van der Waals surface area contributed by atoms with Crippen molar-refractivity contribution in [3.63, 3.8) is 0 Å². The van der Waals surface area contributed by atoms with Crippen molar-refractivity contribution in [3.8, 4) is 23.7 Å². The molecule has 24 heavy (non-hydrogen) atoms. The quantitative estimate of drug-likeness (QED) is 0.493. The second-order valence-corrected chi connectivity index (χ2v) is 5.65. The highest BCUT2D eigenvalue weighted by Crippen LogP contribution is 2.20. The Morgan fingerprint density at radius 2 is 1.83 bits per heavy atom. The summed E-state index contributed by atoms with van der Waals surface area (Å²) < 4.78 is 5.05. The van der Waals surface area contributed by atoms with Crippen molar-refractivity contribution >= 4 is 5.97 Å². The number of carbonyl (C=O) groups is 1. The smallest absolute Gasteiger partial charge is 0.306 e. The van der Waals surface area contributed by atoms with E-state index in [9.17, 15) is 9.90 Å². The molecule has 126 valence electrons. The van der Waals surface area contributed by atoms with Crippen LogP contribution in [-0.4, -0.2) is 35.0 Å². The third-order valence-corrected chi connectivity index (χ3v) is 3.76. The lowest BCUT2D eigenvalue weighted by Crippen LogP contribution is -2.25. The Balaban J connectivity index is 1.81. The van der Waals surface area contributed by atoms with Gasteiger partial charge in [-0.25, -0.2) is 0 Å². The van der Waals surface area contributed by atoms with Gasteiger partial charge in [-0.05, 0) is 31.4 Å². The summed E-state index contributed by atoms with van der Waals surface area (Å²) in [6.45, 7) is 0.0550. The van der Waals surface area contributed by atoms with E-state index >= 15 is 0 Å². The maximum Gasteiger partial charge on any atom is 0.306 e. The number of hydrogen-bond donors (Lipinski definition) is 2. The fourth-order valence-electron chi connectivity index (χ4n) is 2.48. The van der Waals surface area contributed by atoms with Crippen molar-refractivity contribution in [2.24, 2.45) is 0 Å². The van der Waals surface area contributed by atoms with E-state index in [1.54, 1.807) is 0 Å². The van der Waals surface area contributed by atoms with Crippen LogP contribution in [0.1, 0.15) is 49.7 Å². The molecule has 1 fully saturated rings. The van der Waals surface area contributed by atoms with Gasteiger partial charge in [-0.15, -0.1) is 0 Å². The van der Waals surface area contributed by atoms with E-state index in [-0.39, 0.29) is 18.7 Å². The van der Waals surface area contributed by atoms with Crippen molar-refractivity contribution in [2.75, 3.05) is 6.61 Å². The fraction of sp³-hybridized carbons (Fsp3) is 0.450. The average Bonchev–Trinajstić information content (AvgIpc) is 3.02. The van der Waals surface area contributed by atoms with Gasteiger partial charge in [0.15, 0.2) is 0 Å². The summed E-state index contributed by atoms with van der Waals surface area (Å²) in [5, 5.41) is 18.8. The van der Waals surface area contributed by atoms with Crippen molar-refractivity contribution < 1.29 is 19.7 Å². The van der Waals surface area contributed by atoms with Gasteiger partial charge in [0.1, 0.15) is 6.10 Å². The van der Waals surface area contributed by atoms with Crippen LogP contribution in [0.4, 0.5) is 0 Å². The molecule has 1 aromatic carbocycles. The topological polar surface area (TPSA) is 66.8 Å². The first-order valence-corrected chi connectivity index (χ1v) is 8.26. The molecule has 0 aliphatic carbocycles. The van der Waals surface area contributed by atoms with Gasteiger partial charge in [0, 0.05) is 30.4 Å². The molecule has 2 atom stereocenters. The van der Waals surface area contributed by atoms with Gasteiger partial charge in [0.05, 0.1) is 12.7 Å². The van der Waals surface area contributed by atoms with E-state index in [0.29, 0.717) is 32.1 Å². The summed E-state index contributed by atoms with van der Waals surface area (Å²) in [5.41, 5.74) is 1.73. The highest BCUT2D eigenvalue weighted by Gasteiger charge is 2.29. The standard InChI is InChI=1S/C20H22O4/c21-15-7-6-11-17-10-5-4-9-16(17)8-2-1-3-12-18(22)19-13-14-20(23)24-19/h4-5,9-10,18-19,21-22H,1,3,7,12-15H2/t18-,19-/m1/s1. The molecule has 4 nitrogen and oxygen atoms in total. The molecule has 1 aliphatic heterocycles. The largest absolute Gasteiger partial charge is 0.460 e. The van der Waals surface area contributed by atoms with Crippen molar-refractivity contribution in [2.45, 2.75) is 50.7 Å². The molecular weight excluding hydrogens is 304 g/mol. The minimum Gasteiger partial charge on any atom is -0.460 e. The number of carbonyl (C=O) groups excluding carboxylic acids is 1. The van der Waals surface area contributed by atoms with Crippen LogP contribution in [0, 0.1) is 23.7 Å². The van der Waals surface area contributed by atoms with Crippen LogP contribution in [0.25, 0.3) is 0 Å². The van der Waals surface area contributed by atoms with E-state index in [2.05, 4.69) is 23.7 Å². The number of ether oxygens (including phenoxy) is 1. The van der Waals surface area contributed by atoms with E-state index < -0.39 is 6.10 Å². The Bertz CT molecular complexity index is 672. The normalized spacial score (nSPS) is 17.2. The molecule has 1 aromatic rings. The fourth-order valence-corrected chi connectivity index (χ4v) is 2.48. The lowest BCUT2D eigenvalue weighted by molar-refractivity contribution is -0.145. The predicted octanol–water partition coefficient (Wildman–Crippen LogP) is 2.01. The third-order valence-electron chi connectivity index (χ3n) is 3.76. The Morgan fingerprint density at radius 1 is 1.17 bits per heavy atom. The van der Waals surface area contributed by atoms with Gasteiger partial charge in [-0.1, -0.05) is 35.8 Å². The molecule has 2 N–H and O–H groups in total. The number of aliphatic hydroxyl groups is 2. The summed E-state index contributed by atoms with van der Waals surface area (Å²) in [7, 11) is 0. The molecule has 1 aliphatic rings. The summed E-state index contributed by atoms with van der Waals surface area (Å²) in [5.74, 6) is 11.9. The van der Waals surface area contributed by atoms with Crippen LogP contribution >= 0.6 is 0 Å². The lowest BCUT2D eigenvalue weighted by Gasteiger charge is -2.15. The van der Waals surface area contributed by atoms with Gasteiger partial charge in [0.2, 0.25) is 0 Å². The predicted molar refractivity (Wildman–Crippen MR) is 90.9 cm³/mol. The number of rotatable bonds is 5. The third kappa shape index (κ3) is 5.74. The molecular formula is C20H22O4. The number of unbranched alkanes of at least 4 members (excludes halogenated alkanes) is 1. The number of cyclic esters (lactones) is 1. The Morgan fingerprint density at radius 3 is 2.42 bits per heavy atom. The maximum atomic E-state index is 11.0. The number of hydrogen-bond acceptors (Lipinski definition) is 4. The number of benzene rings is 1. The molecule has 0 saturated carbocycles. The molecule has 2 rings (SSSR count). The zero-order chi connectivity index (χ0) is 17.2. The molecule has 0 amide bonds. The van der Waals surface area contributed by atoms with Gasteiger partial charge >= 0.3 is 5.97 Å². The number of esters is 1. The van der Waals surface area contributed by atoms with Gasteiger partial charge in [-0.2, -0.15) is 0 Å². The summed E-state index contributed by atoms with van der Waals surface area (Å²) in [4.78, 5) is 11.0. The summed E-state index contributed by atoms with van der Waals surface area (Å²) in [6.07, 6.45) is 2.48. The number of aliphatic hydroxyl groups excluding tert-OH is 2. The highest BCUT2D eigenvalue weighted by molar-refractivity contribution is 5.71. The highest BCUT2D eigenvalue weighted by atomic mass is 16.6. The monoisotopic (exact) mass is 326 g/mol. The van der Waals surface area contributed by atoms with E-state index in [4.69, 9.17) is 9.84 Å². The summed E-state index contributed by atoms with van der Waals surface area (Å²) >= 11 is 0. The van der Waals surface area contributed by atoms with Crippen LogP contribution in [0.15, 0.2) is 24.3 Å². The molecule has 0 bridgehead atoms. The SMILES string of the molecule is O=C1CC[C@H]([C@H](O)CCCC#Cc2ccccc2C#CCCO)O1. The molecule has 4 heteroatoms. The van der Waals surface area contributed by atoms with E-state index in [0.717, 1.165) is 17.5 Å².